The summed E-state index contributed by atoms with van der Waals surface area (Å²) >= 11 is 0. The minimum atomic E-state index is -0.169. The molecule has 4 saturated carbocycles. The lowest BCUT2D eigenvalue weighted by molar-refractivity contribution is -0.159. The molecule has 4 rings (SSSR count). The van der Waals surface area contributed by atoms with Crippen LogP contribution in [-0.2, 0) is 4.79 Å². The largest absolute Gasteiger partial charge is 0.393 e. The van der Waals surface area contributed by atoms with E-state index in [2.05, 4.69) is 0 Å². The molecule has 0 aromatic heterocycles. The summed E-state index contributed by atoms with van der Waals surface area (Å²) in [7, 11) is 0. The highest BCUT2D eigenvalue weighted by Crippen LogP contribution is 2.58. The molecule has 5 atom stereocenters. The fourth-order valence-electron chi connectivity index (χ4n) is 3.97. The Bertz CT molecular complexity index is 248. The molecule has 4 aliphatic rings. The van der Waals surface area contributed by atoms with Gasteiger partial charge in [0.2, 0.25) is 0 Å². The number of carbonyl (C=O) groups is 1. The van der Waals surface area contributed by atoms with Gasteiger partial charge in [0.25, 0.3) is 0 Å². The summed E-state index contributed by atoms with van der Waals surface area (Å²) in [6.07, 6.45) is 4.92. The first kappa shape index (κ1) is 7.98. The van der Waals surface area contributed by atoms with Crippen molar-refractivity contribution in [1.82, 2.24) is 0 Å². The van der Waals surface area contributed by atoms with Gasteiger partial charge in [0.1, 0.15) is 5.78 Å². The Labute approximate surface area is 78.3 Å². The van der Waals surface area contributed by atoms with Gasteiger partial charge in [-0.2, -0.15) is 0 Å². The summed E-state index contributed by atoms with van der Waals surface area (Å²) in [5.41, 5.74) is 0. The summed E-state index contributed by atoms with van der Waals surface area (Å²) < 4.78 is 0. The predicted octanol–water partition coefficient (Wildman–Crippen LogP) is 1.37. The molecule has 4 aliphatic carbocycles. The maximum atomic E-state index is 11.6. The van der Waals surface area contributed by atoms with Crippen molar-refractivity contribution in [2.45, 2.75) is 38.2 Å². The molecule has 0 heterocycles. The van der Waals surface area contributed by atoms with E-state index in [-0.39, 0.29) is 12.0 Å². The number of rotatable bonds is 0. The molecule has 13 heavy (non-hydrogen) atoms. The smallest absolute Gasteiger partial charge is 0.136 e. The van der Waals surface area contributed by atoms with Gasteiger partial charge >= 0.3 is 0 Å². The second-order valence-electron chi connectivity index (χ2n) is 4.93. The second kappa shape index (κ2) is 2.57. The first-order valence-electron chi connectivity index (χ1n) is 5.50. The summed E-state index contributed by atoms with van der Waals surface area (Å²) in [6.45, 7) is 0. The molecule has 2 heteroatoms. The van der Waals surface area contributed by atoms with Gasteiger partial charge in [-0.1, -0.05) is 6.42 Å². The van der Waals surface area contributed by atoms with E-state index in [4.69, 9.17) is 0 Å². The topological polar surface area (TPSA) is 37.3 Å². The van der Waals surface area contributed by atoms with Crippen LogP contribution in [0, 0.1) is 23.7 Å². The van der Waals surface area contributed by atoms with Gasteiger partial charge in [-0.15, -0.1) is 0 Å². The lowest BCUT2D eigenvalue weighted by Gasteiger charge is -2.55. The van der Waals surface area contributed by atoms with E-state index in [1.807, 2.05) is 0 Å². The van der Waals surface area contributed by atoms with Gasteiger partial charge in [0, 0.05) is 12.3 Å². The van der Waals surface area contributed by atoms with Crippen LogP contribution in [0.25, 0.3) is 0 Å². The third-order valence-corrected chi connectivity index (χ3v) is 4.50. The Morgan fingerprint density at radius 2 is 2.00 bits per heavy atom. The Hall–Kier alpha value is -0.370. The molecule has 2 nitrogen and oxygen atoms in total. The molecule has 72 valence electrons. The molecule has 0 aromatic rings. The number of carbonyl (C=O) groups excluding carboxylic acids is 1. The van der Waals surface area contributed by atoms with Gasteiger partial charge in [0.05, 0.1) is 6.10 Å². The van der Waals surface area contributed by atoms with E-state index >= 15 is 0 Å². The number of ketones is 1. The summed E-state index contributed by atoms with van der Waals surface area (Å²) in [4.78, 5) is 11.6. The Kier molecular flexibility index (Phi) is 1.58. The van der Waals surface area contributed by atoms with Crippen LogP contribution in [0.5, 0.6) is 0 Å². The van der Waals surface area contributed by atoms with E-state index in [9.17, 15) is 9.90 Å². The molecule has 0 aliphatic heterocycles. The Morgan fingerprint density at radius 3 is 2.77 bits per heavy atom. The first-order chi connectivity index (χ1) is 6.29. The number of aliphatic hydroxyl groups excluding tert-OH is 1. The zero-order valence-corrected chi connectivity index (χ0v) is 7.78. The molecule has 0 amide bonds. The average molecular weight is 180 g/mol. The van der Waals surface area contributed by atoms with Crippen molar-refractivity contribution in [1.29, 1.82) is 0 Å². The van der Waals surface area contributed by atoms with Crippen molar-refractivity contribution >= 4 is 5.78 Å². The number of fused-ring (bicyclic) bond motifs is 2. The van der Waals surface area contributed by atoms with Crippen LogP contribution in [0.1, 0.15) is 32.1 Å². The van der Waals surface area contributed by atoms with Gasteiger partial charge < -0.3 is 5.11 Å². The zero-order chi connectivity index (χ0) is 9.00. The predicted molar refractivity (Wildman–Crippen MR) is 48.1 cm³/mol. The van der Waals surface area contributed by atoms with Crippen molar-refractivity contribution in [3.63, 3.8) is 0 Å². The van der Waals surface area contributed by atoms with Crippen LogP contribution in [0.4, 0.5) is 0 Å². The number of Topliss-reactive ketones (excluding diaryl/α,β-unsaturated/α-hetero) is 1. The van der Waals surface area contributed by atoms with Crippen molar-refractivity contribution in [3.05, 3.63) is 0 Å². The number of aliphatic hydroxyl groups is 1. The highest BCUT2D eigenvalue weighted by molar-refractivity contribution is 5.84. The Balaban J connectivity index is 1.92. The van der Waals surface area contributed by atoms with Crippen LogP contribution < -0.4 is 0 Å². The van der Waals surface area contributed by atoms with Crippen molar-refractivity contribution in [2.24, 2.45) is 23.7 Å². The highest BCUT2D eigenvalue weighted by Gasteiger charge is 2.59. The van der Waals surface area contributed by atoms with E-state index < -0.39 is 0 Å². The monoisotopic (exact) mass is 180 g/mol. The molecule has 2 unspecified atom stereocenters. The summed E-state index contributed by atoms with van der Waals surface area (Å²) in [5, 5.41) is 9.87. The first-order valence-corrected chi connectivity index (χ1v) is 5.50. The maximum absolute atomic E-state index is 11.6. The molecule has 4 fully saturated rings. The van der Waals surface area contributed by atoms with Gasteiger partial charge in [0.15, 0.2) is 0 Å². The third-order valence-electron chi connectivity index (χ3n) is 4.50. The summed E-state index contributed by atoms with van der Waals surface area (Å²) in [5.74, 6) is 2.41. The molecular formula is C11H16O2. The molecule has 1 N–H and O–H groups in total. The van der Waals surface area contributed by atoms with Crippen molar-refractivity contribution in [2.75, 3.05) is 0 Å². The minimum Gasteiger partial charge on any atom is -0.393 e. The molecule has 0 radical (unpaired) electrons. The number of hydrogen-bond acceptors (Lipinski definition) is 2. The molecule has 0 aromatic carbocycles. The SMILES string of the molecule is O=C1CCC2[C@@H]3CCC[C@@H](O)[C@H]2C13. The Morgan fingerprint density at radius 1 is 1.15 bits per heavy atom. The maximum Gasteiger partial charge on any atom is 0.136 e. The zero-order valence-electron chi connectivity index (χ0n) is 7.78. The van der Waals surface area contributed by atoms with Gasteiger partial charge in [-0.3, -0.25) is 4.79 Å². The van der Waals surface area contributed by atoms with Gasteiger partial charge in [-0.05, 0) is 37.0 Å². The van der Waals surface area contributed by atoms with Crippen molar-refractivity contribution in [3.8, 4) is 0 Å². The van der Waals surface area contributed by atoms with Crippen LogP contribution >= 0.6 is 0 Å². The van der Waals surface area contributed by atoms with Crippen LogP contribution in [0.3, 0.4) is 0 Å². The standard InChI is InChI=1S/C11H16O2/c12-8-3-1-2-6-7-4-5-9(13)10(6)11(7)8/h6-8,10-12H,1-5H2/t6-,7?,8+,10?,11-/m0/s1. The number of hydrogen-bond donors (Lipinski definition) is 1. The lowest BCUT2D eigenvalue weighted by Crippen LogP contribution is -2.57. The van der Waals surface area contributed by atoms with E-state index in [0.717, 1.165) is 25.7 Å². The van der Waals surface area contributed by atoms with Gasteiger partial charge in [-0.25, -0.2) is 0 Å². The van der Waals surface area contributed by atoms with Crippen LogP contribution in [-0.4, -0.2) is 17.0 Å². The fraction of sp³-hybridized carbons (Fsp3) is 0.909. The van der Waals surface area contributed by atoms with Crippen LogP contribution in [0.15, 0.2) is 0 Å². The summed E-state index contributed by atoms with van der Waals surface area (Å²) in [6, 6.07) is 0. The molecular weight excluding hydrogens is 164 g/mol. The average Bonchev–Trinajstić information content (AvgIpc) is 2.35. The van der Waals surface area contributed by atoms with Crippen molar-refractivity contribution < 1.29 is 9.90 Å². The van der Waals surface area contributed by atoms with Crippen LogP contribution in [0.2, 0.25) is 0 Å². The highest BCUT2D eigenvalue weighted by atomic mass is 16.3. The quantitative estimate of drug-likeness (QED) is 0.611. The fourth-order valence-corrected chi connectivity index (χ4v) is 3.97. The molecule has 0 saturated heterocycles. The lowest BCUT2D eigenvalue weighted by atomic mass is 9.49. The third kappa shape index (κ3) is 0.899. The van der Waals surface area contributed by atoms with E-state index in [0.29, 0.717) is 23.5 Å². The molecule has 4 bridgehead atoms. The molecule has 0 spiro atoms. The van der Waals surface area contributed by atoms with E-state index in [1.165, 1.54) is 6.42 Å². The minimum absolute atomic E-state index is 0.169. The normalized spacial score (nSPS) is 53.9. The van der Waals surface area contributed by atoms with E-state index in [1.54, 1.807) is 0 Å². The second-order valence-corrected chi connectivity index (χ2v) is 4.93.